The van der Waals surface area contributed by atoms with Crippen LogP contribution in [0.1, 0.15) is 17.7 Å². The molecule has 1 aromatic heterocycles. The van der Waals surface area contributed by atoms with Gasteiger partial charge >= 0.3 is 0 Å². The van der Waals surface area contributed by atoms with E-state index in [1.54, 1.807) is 14.2 Å². The van der Waals surface area contributed by atoms with Crippen molar-refractivity contribution in [3.05, 3.63) is 42.1 Å². The summed E-state index contributed by atoms with van der Waals surface area (Å²) in [5.74, 6) is 1.31. The van der Waals surface area contributed by atoms with E-state index < -0.39 is 0 Å². The van der Waals surface area contributed by atoms with E-state index in [9.17, 15) is 4.79 Å². The molecular weight excluding hydrogens is 272 g/mol. The van der Waals surface area contributed by atoms with Crippen molar-refractivity contribution in [1.29, 1.82) is 0 Å². The molecule has 2 aromatic rings. The van der Waals surface area contributed by atoms with Gasteiger partial charge in [-0.2, -0.15) is 0 Å². The Morgan fingerprint density at radius 1 is 1.29 bits per heavy atom. The molecule has 1 N–H and O–H groups in total. The van der Waals surface area contributed by atoms with Crippen molar-refractivity contribution in [2.45, 2.75) is 19.4 Å². The van der Waals surface area contributed by atoms with Crippen LogP contribution in [-0.4, -0.2) is 25.1 Å². The molecule has 0 aliphatic rings. The maximum Gasteiger partial charge on any atom is 0.220 e. The van der Waals surface area contributed by atoms with Crippen LogP contribution in [0.15, 0.2) is 35.3 Å². The van der Waals surface area contributed by atoms with Crippen LogP contribution in [0.5, 0.6) is 11.5 Å². The smallest absolute Gasteiger partial charge is 0.220 e. The Kier molecular flexibility index (Phi) is 5.20. The van der Waals surface area contributed by atoms with Crippen LogP contribution in [0.25, 0.3) is 0 Å². The van der Waals surface area contributed by atoms with Crippen LogP contribution in [0.2, 0.25) is 0 Å². The van der Waals surface area contributed by atoms with Gasteiger partial charge in [0.05, 0.1) is 26.5 Å². The van der Waals surface area contributed by atoms with Crippen LogP contribution in [0.4, 0.5) is 0 Å². The SMILES string of the molecule is COc1ccc(CCC(=O)NCc2cocn2)cc1OC. The van der Waals surface area contributed by atoms with E-state index in [1.807, 2.05) is 18.2 Å². The minimum Gasteiger partial charge on any atom is -0.493 e. The highest BCUT2D eigenvalue weighted by atomic mass is 16.5. The van der Waals surface area contributed by atoms with Crippen LogP contribution in [0, 0.1) is 0 Å². The lowest BCUT2D eigenvalue weighted by Crippen LogP contribution is -2.23. The van der Waals surface area contributed by atoms with Gasteiger partial charge in [0.15, 0.2) is 17.9 Å². The zero-order valence-electron chi connectivity index (χ0n) is 12.1. The first kappa shape index (κ1) is 14.9. The molecule has 1 heterocycles. The van der Waals surface area contributed by atoms with Gasteiger partial charge in [0, 0.05) is 6.42 Å². The fraction of sp³-hybridized carbons (Fsp3) is 0.333. The summed E-state index contributed by atoms with van der Waals surface area (Å²) >= 11 is 0. The Morgan fingerprint density at radius 3 is 2.76 bits per heavy atom. The molecule has 0 saturated carbocycles. The molecule has 0 atom stereocenters. The molecule has 0 aliphatic heterocycles. The van der Waals surface area contributed by atoms with Gasteiger partial charge in [-0.15, -0.1) is 0 Å². The zero-order chi connectivity index (χ0) is 15.1. The van der Waals surface area contributed by atoms with Crippen molar-refractivity contribution in [2.24, 2.45) is 0 Å². The molecule has 6 nitrogen and oxygen atoms in total. The lowest BCUT2D eigenvalue weighted by Gasteiger charge is -2.09. The minimum atomic E-state index is -0.0345. The topological polar surface area (TPSA) is 73.6 Å². The van der Waals surface area contributed by atoms with Crippen molar-refractivity contribution in [2.75, 3.05) is 14.2 Å². The predicted octanol–water partition coefficient (Wildman–Crippen LogP) is 1.94. The summed E-state index contributed by atoms with van der Waals surface area (Å²) in [6, 6.07) is 5.64. The second kappa shape index (κ2) is 7.33. The molecule has 0 bridgehead atoms. The Labute approximate surface area is 123 Å². The maximum atomic E-state index is 11.8. The number of methoxy groups -OCH3 is 2. The number of hydrogen-bond donors (Lipinski definition) is 1. The number of aromatic nitrogens is 1. The summed E-state index contributed by atoms with van der Waals surface area (Å²) in [6.07, 6.45) is 3.87. The molecule has 0 spiro atoms. The highest BCUT2D eigenvalue weighted by Crippen LogP contribution is 2.27. The normalized spacial score (nSPS) is 10.2. The second-order valence-corrected chi connectivity index (χ2v) is 4.45. The monoisotopic (exact) mass is 290 g/mol. The largest absolute Gasteiger partial charge is 0.493 e. The molecule has 0 radical (unpaired) electrons. The lowest BCUT2D eigenvalue weighted by molar-refractivity contribution is -0.121. The van der Waals surface area contributed by atoms with E-state index in [1.165, 1.54) is 12.7 Å². The second-order valence-electron chi connectivity index (χ2n) is 4.45. The highest BCUT2D eigenvalue weighted by Gasteiger charge is 2.07. The molecule has 21 heavy (non-hydrogen) atoms. The molecule has 112 valence electrons. The van der Waals surface area contributed by atoms with Crippen LogP contribution < -0.4 is 14.8 Å². The average molecular weight is 290 g/mol. The van der Waals surface area contributed by atoms with Gasteiger partial charge in [-0.3, -0.25) is 4.79 Å². The number of ether oxygens (including phenoxy) is 2. The molecular formula is C15H18N2O4. The molecule has 2 rings (SSSR count). The summed E-state index contributed by atoms with van der Waals surface area (Å²) in [6.45, 7) is 0.376. The fourth-order valence-corrected chi connectivity index (χ4v) is 1.90. The molecule has 1 aromatic carbocycles. The number of carbonyl (C=O) groups excluding carboxylic acids is 1. The Morgan fingerprint density at radius 2 is 2.10 bits per heavy atom. The molecule has 0 saturated heterocycles. The van der Waals surface area contributed by atoms with Gasteiger partial charge < -0.3 is 19.2 Å². The summed E-state index contributed by atoms with van der Waals surface area (Å²) in [7, 11) is 3.18. The van der Waals surface area contributed by atoms with E-state index in [-0.39, 0.29) is 5.91 Å². The Balaban J connectivity index is 1.83. The third-order valence-corrected chi connectivity index (χ3v) is 3.04. The van der Waals surface area contributed by atoms with Crippen LogP contribution in [-0.2, 0) is 17.8 Å². The van der Waals surface area contributed by atoms with Crippen molar-refractivity contribution >= 4 is 5.91 Å². The van der Waals surface area contributed by atoms with Crippen molar-refractivity contribution in [3.63, 3.8) is 0 Å². The number of nitrogens with one attached hydrogen (secondary N) is 1. The number of nitrogens with zero attached hydrogens (tertiary/aromatic N) is 1. The zero-order valence-corrected chi connectivity index (χ0v) is 12.1. The van der Waals surface area contributed by atoms with Gasteiger partial charge in [0.1, 0.15) is 6.26 Å². The fourth-order valence-electron chi connectivity index (χ4n) is 1.90. The third kappa shape index (κ3) is 4.24. The van der Waals surface area contributed by atoms with Gasteiger partial charge in [-0.25, -0.2) is 4.98 Å². The van der Waals surface area contributed by atoms with E-state index in [0.717, 1.165) is 5.56 Å². The molecule has 0 fully saturated rings. The number of rotatable bonds is 7. The van der Waals surface area contributed by atoms with Gasteiger partial charge in [0.2, 0.25) is 5.91 Å². The lowest BCUT2D eigenvalue weighted by atomic mass is 10.1. The first-order chi connectivity index (χ1) is 10.2. The molecule has 6 heteroatoms. The predicted molar refractivity (Wildman–Crippen MR) is 76.2 cm³/mol. The van der Waals surface area contributed by atoms with E-state index in [2.05, 4.69) is 10.3 Å². The molecule has 0 unspecified atom stereocenters. The number of hydrogen-bond acceptors (Lipinski definition) is 5. The van der Waals surface area contributed by atoms with Crippen LogP contribution >= 0.6 is 0 Å². The Bertz CT molecular complexity index is 581. The summed E-state index contributed by atoms with van der Waals surface area (Å²) < 4.78 is 15.2. The quantitative estimate of drug-likeness (QED) is 0.843. The number of oxazole rings is 1. The van der Waals surface area contributed by atoms with Crippen molar-refractivity contribution < 1.29 is 18.7 Å². The van der Waals surface area contributed by atoms with E-state index in [0.29, 0.717) is 36.6 Å². The summed E-state index contributed by atoms with van der Waals surface area (Å²) in [4.78, 5) is 15.7. The van der Waals surface area contributed by atoms with Gasteiger partial charge in [0.25, 0.3) is 0 Å². The molecule has 0 aliphatic carbocycles. The summed E-state index contributed by atoms with van der Waals surface area (Å²) in [5, 5.41) is 2.79. The van der Waals surface area contributed by atoms with E-state index >= 15 is 0 Å². The average Bonchev–Trinajstić information content (AvgIpc) is 3.04. The van der Waals surface area contributed by atoms with Gasteiger partial charge in [-0.1, -0.05) is 6.07 Å². The number of benzene rings is 1. The number of amides is 1. The highest BCUT2D eigenvalue weighted by molar-refractivity contribution is 5.76. The van der Waals surface area contributed by atoms with Crippen molar-refractivity contribution in [1.82, 2.24) is 10.3 Å². The minimum absolute atomic E-state index is 0.0345. The first-order valence-corrected chi connectivity index (χ1v) is 6.57. The Hall–Kier alpha value is -2.50. The summed E-state index contributed by atoms with van der Waals surface area (Å²) in [5.41, 5.74) is 1.72. The third-order valence-electron chi connectivity index (χ3n) is 3.04. The number of carbonyl (C=O) groups is 1. The van der Waals surface area contributed by atoms with Crippen molar-refractivity contribution in [3.8, 4) is 11.5 Å². The molecule has 1 amide bonds. The van der Waals surface area contributed by atoms with E-state index in [4.69, 9.17) is 13.9 Å². The first-order valence-electron chi connectivity index (χ1n) is 6.57. The number of aryl methyl sites for hydroxylation is 1. The standard InChI is InChI=1S/C15H18N2O4/c1-19-13-5-3-11(7-14(13)20-2)4-6-15(18)16-8-12-9-21-10-17-12/h3,5,7,9-10H,4,6,8H2,1-2H3,(H,16,18). The van der Waals surface area contributed by atoms with Gasteiger partial charge in [-0.05, 0) is 24.1 Å². The maximum absolute atomic E-state index is 11.8. The van der Waals surface area contributed by atoms with Crippen LogP contribution in [0.3, 0.4) is 0 Å².